The maximum atomic E-state index is 13.1. The molecule has 7 heteroatoms. The van der Waals surface area contributed by atoms with Crippen LogP contribution in [0.5, 0.6) is 0 Å². The lowest BCUT2D eigenvalue weighted by molar-refractivity contribution is 0.573. The minimum absolute atomic E-state index is 0.114. The first-order valence-electron chi connectivity index (χ1n) is 7.02. The summed E-state index contributed by atoms with van der Waals surface area (Å²) in [6.45, 7) is 0. The van der Waals surface area contributed by atoms with E-state index < -0.39 is 0 Å². The van der Waals surface area contributed by atoms with Crippen molar-refractivity contribution in [1.29, 1.82) is 0 Å². The Balaban J connectivity index is 1.96. The molecule has 0 aliphatic heterocycles. The molecule has 0 unspecified atom stereocenters. The van der Waals surface area contributed by atoms with Crippen molar-refractivity contribution in [3.63, 3.8) is 0 Å². The van der Waals surface area contributed by atoms with Gasteiger partial charge in [0.1, 0.15) is 11.3 Å². The molecule has 0 atom stereocenters. The van der Waals surface area contributed by atoms with Gasteiger partial charge in [-0.15, -0.1) is 0 Å². The number of fused-ring (bicyclic) bond motifs is 1. The van der Waals surface area contributed by atoms with Gasteiger partial charge in [-0.25, -0.2) is 4.39 Å². The number of oxazole rings is 1. The van der Waals surface area contributed by atoms with E-state index in [4.69, 9.17) is 16.0 Å². The molecule has 3 aromatic heterocycles. The molecule has 0 spiro atoms. The normalized spacial score (nSPS) is 11.1. The second-order valence-electron chi connectivity index (χ2n) is 5.06. The van der Waals surface area contributed by atoms with E-state index >= 15 is 0 Å². The van der Waals surface area contributed by atoms with E-state index in [1.807, 2.05) is 0 Å². The average molecular weight is 342 g/mol. The van der Waals surface area contributed by atoms with E-state index in [0.29, 0.717) is 11.1 Å². The van der Waals surface area contributed by atoms with Crippen molar-refractivity contribution in [2.45, 2.75) is 0 Å². The Morgan fingerprint density at radius 2 is 1.92 bits per heavy atom. The van der Waals surface area contributed by atoms with E-state index in [0.717, 1.165) is 5.39 Å². The van der Waals surface area contributed by atoms with Crippen molar-refractivity contribution in [2.24, 2.45) is 0 Å². The topological polar surface area (TPSA) is 60.9 Å². The molecule has 5 nitrogen and oxygen atoms in total. The number of rotatable bonds is 2. The van der Waals surface area contributed by atoms with Crippen LogP contribution in [-0.4, -0.2) is 14.5 Å². The standard InChI is InChI=1S/C17H9ClFN3O2/c18-17-21-15(14(24-17)11-3-5-12(19)6-4-11)22-9-7-10-2-1-8-20-13(10)16(22)23/h1-9H. The highest BCUT2D eigenvalue weighted by Crippen LogP contribution is 2.29. The Bertz CT molecular complexity index is 1100. The largest absolute Gasteiger partial charge is 0.425 e. The number of nitrogens with zero attached hydrogens (tertiary/aromatic N) is 3. The second-order valence-corrected chi connectivity index (χ2v) is 5.38. The summed E-state index contributed by atoms with van der Waals surface area (Å²) in [5.74, 6) is 0.125. The van der Waals surface area contributed by atoms with Crippen LogP contribution in [0.2, 0.25) is 5.35 Å². The van der Waals surface area contributed by atoms with Gasteiger partial charge < -0.3 is 4.42 Å². The van der Waals surface area contributed by atoms with Crippen LogP contribution < -0.4 is 5.56 Å². The maximum absolute atomic E-state index is 13.1. The summed E-state index contributed by atoms with van der Waals surface area (Å²) in [5, 5.41) is 0.606. The smallest absolute Gasteiger partial charge is 0.294 e. The van der Waals surface area contributed by atoms with Crippen LogP contribution in [-0.2, 0) is 0 Å². The van der Waals surface area contributed by atoms with Crippen LogP contribution in [0.3, 0.4) is 0 Å². The molecule has 0 amide bonds. The van der Waals surface area contributed by atoms with Crippen LogP contribution in [0, 0.1) is 5.82 Å². The lowest BCUT2D eigenvalue weighted by atomic mass is 10.1. The van der Waals surface area contributed by atoms with Gasteiger partial charge in [0.05, 0.1) is 0 Å². The highest BCUT2D eigenvalue weighted by atomic mass is 35.5. The lowest BCUT2D eigenvalue weighted by Crippen LogP contribution is -2.19. The van der Waals surface area contributed by atoms with Crippen LogP contribution in [0.1, 0.15) is 0 Å². The molecule has 4 rings (SSSR count). The Hall–Kier alpha value is -2.99. The highest BCUT2D eigenvalue weighted by Gasteiger charge is 2.18. The number of benzene rings is 1. The molecule has 0 bridgehead atoms. The fraction of sp³-hybridized carbons (Fsp3) is 0. The van der Waals surface area contributed by atoms with E-state index in [-0.39, 0.29) is 28.3 Å². The van der Waals surface area contributed by atoms with Gasteiger partial charge in [0.15, 0.2) is 11.6 Å². The Kier molecular flexibility index (Phi) is 3.39. The Morgan fingerprint density at radius 1 is 1.12 bits per heavy atom. The van der Waals surface area contributed by atoms with Crippen molar-refractivity contribution in [3.8, 4) is 17.1 Å². The SMILES string of the molecule is O=c1c2ncccc2ccn1-c1nc(Cl)oc1-c1ccc(F)cc1. The molecule has 0 aliphatic carbocycles. The third kappa shape index (κ3) is 2.37. The monoisotopic (exact) mass is 341 g/mol. The second kappa shape index (κ2) is 5.58. The quantitative estimate of drug-likeness (QED) is 0.556. The predicted molar refractivity (Wildman–Crippen MR) is 87.8 cm³/mol. The zero-order valence-electron chi connectivity index (χ0n) is 12.1. The lowest BCUT2D eigenvalue weighted by Gasteiger charge is -2.05. The van der Waals surface area contributed by atoms with Gasteiger partial charge in [-0.1, -0.05) is 6.07 Å². The Labute approximate surface area is 140 Å². The molecule has 0 saturated heterocycles. The molecule has 24 heavy (non-hydrogen) atoms. The molecule has 3 heterocycles. The van der Waals surface area contributed by atoms with E-state index in [9.17, 15) is 9.18 Å². The summed E-state index contributed by atoms with van der Waals surface area (Å²) >= 11 is 5.88. The number of halogens is 2. The predicted octanol–water partition coefficient (Wildman–Crippen LogP) is 3.83. The molecular weight excluding hydrogens is 333 g/mol. The van der Waals surface area contributed by atoms with Crippen molar-refractivity contribution in [1.82, 2.24) is 14.5 Å². The maximum Gasteiger partial charge on any atom is 0.294 e. The fourth-order valence-electron chi connectivity index (χ4n) is 2.47. The third-order valence-corrected chi connectivity index (χ3v) is 3.74. The van der Waals surface area contributed by atoms with E-state index in [2.05, 4.69) is 9.97 Å². The number of hydrogen-bond donors (Lipinski definition) is 0. The van der Waals surface area contributed by atoms with Gasteiger partial charge in [-0.2, -0.15) is 4.98 Å². The van der Waals surface area contributed by atoms with Gasteiger partial charge in [-0.3, -0.25) is 14.3 Å². The zero-order valence-corrected chi connectivity index (χ0v) is 12.9. The van der Waals surface area contributed by atoms with Gasteiger partial charge in [0.25, 0.3) is 10.9 Å². The first kappa shape index (κ1) is 14.6. The van der Waals surface area contributed by atoms with Gasteiger partial charge in [0, 0.05) is 23.3 Å². The van der Waals surface area contributed by atoms with Crippen molar-refractivity contribution < 1.29 is 8.81 Å². The summed E-state index contributed by atoms with van der Waals surface area (Å²) < 4.78 is 19.9. The van der Waals surface area contributed by atoms with E-state index in [1.54, 1.807) is 30.6 Å². The van der Waals surface area contributed by atoms with Crippen molar-refractivity contribution >= 4 is 22.5 Å². The first-order chi connectivity index (χ1) is 11.6. The summed E-state index contributed by atoms with van der Waals surface area (Å²) in [5.41, 5.74) is 0.518. The average Bonchev–Trinajstić information content (AvgIpc) is 2.98. The molecular formula is C17H9ClFN3O2. The minimum Gasteiger partial charge on any atom is -0.425 e. The van der Waals surface area contributed by atoms with Crippen molar-refractivity contribution in [3.05, 3.63) is 76.4 Å². The van der Waals surface area contributed by atoms with Crippen LogP contribution in [0.15, 0.2) is 64.1 Å². The van der Waals surface area contributed by atoms with Crippen LogP contribution >= 0.6 is 11.6 Å². The van der Waals surface area contributed by atoms with Crippen molar-refractivity contribution in [2.75, 3.05) is 0 Å². The number of hydrogen-bond acceptors (Lipinski definition) is 4. The molecule has 0 radical (unpaired) electrons. The number of aromatic nitrogens is 3. The Morgan fingerprint density at radius 3 is 2.71 bits per heavy atom. The number of pyridine rings is 2. The van der Waals surface area contributed by atoms with E-state index in [1.165, 1.54) is 28.8 Å². The zero-order chi connectivity index (χ0) is 16.7. The minimum atomic E-state index is -0.377. The summed E-state index contributed by atoms with van der Waals surface area (Å²) in [6.07, 6.45) is 3.12. The summed E-state index contributed by atoms with van der Waals surface area (Å²) in [4.78, 5) is 20.9. The molecule has 0 saturated carbocycles. The van der Waals surface area contributed by atoms with Gasteiger partial charge in [0.2, 0.25) is 0 Å². The molecule has 4 aromatic rings. The third-order valence-electron chi connectivity index (χ3n) is 3.58. The first-order valence-corrected chi connectivity index (χ1v) is 7.40. The fourth-order valence-corrected chi connectivity index (χ4v) is 2.63. The van der Waals surface area contributed by atoms with Crippen LogP contribution in [0.25, 0.3) is 28.0 Å². The summed E-state index contributed by atoms with van der Waals surface area (Å²) in [6, 6.07) is 10.9. The van der Waals surface area contributed by atoms with Gasteiger partial charge in [-0.05, 0) is 48.0 Å². The molecule has 1 aromatic carbocycles. The van der Waals surface area contributed by atoms with Gasteiger partial charge >= 0.3 is 0 Å². The molecule has 0 N–H and O–H groups in total. The molecule has 0 fully saturated rings. The molecule has 0 aliphatic rings. The summed E-state index contributed by atoms with van der Waals surface area (Å²) in [7, 11) is 0. The molecule has 118 valence electrons. The highest BCUT2D eigenvalue weighted by molar-refractivity contribution is 6.28. The van der Waals surface area contributed by atoms with Crippen LogP contribution in [0.4, 0.5) is 4.39 Å².